The zero-order valence-electron chi connectivity index (χ0n) is 9.66. The number of fused-ring (bicyclic) bond motifs is 5. The summed E-state index contributed by atoms with van der Waals surface area (Å²) in [7, 11) is 0. The highest BCUT2D eigenvalue weighted by Gasteiger charge is 2.21. The van der Waals surface area contributed by atoms with Crippen LogP contribution in [0.15, 0.2) is 29.0 Å². The van der Waals surface area contributed by atoms with Crippen molar-refractivity contribution >= 4 is 22.5 Å². The maximum atomic E-state index is 6.09. The van der Waals surface area contributed by atoms with E-state index in [1.807, 2.05) is 18.2 Å². The summed E-state index contributed by atoms with van der Waals surface area (Å²) < 4.78 is 5.10. The van der Waals surface area contributed by atoms with Crippen molar-refractivity contribution in [3.63, 3.8) is 0 Å². The molecular formula is C14H11ClN2O. The van der Waals surface area contributed by atoms with Crippen molar-refractivity contribution in [2.45, 2.75) is 19.3 Å². The van der Waals surface area contributed by atoms with Crippen LogP contribution in [0.2, 0.25) is 5.02 Å². The lowest BCUT2D eigenvalue weighted by molar-refractivity contribution is 0.420. The first-order chi connectivity index (χ1) is 8.83. The van der Waals surface area contributed by atoms with Gasteiger partial charge >= 0.3 is 0 Å². The Balaban J connectivity index is 2.08. The highest BCUT2D eigenvalue weighted by molar-refractivity contribution is 6.31. The molecule has 0 fully saturated rings. The second kappa shape index (κ2) is 3.62. The van der Waals surface area contributed by atoms with Gasteiger partial charge in [0.2, 0.25) is 0 Å². The lowest BCUT2D eigenvalue weighted by Gasteiger charge is -1.98. The van der Waals surface area contributed by atoms with Gasteiger partial charge in [0.05, 0.1) is 5.69 Å². The van der Waals surface area contributed by atoms with Crippen LogP contribution in [0.5, 0.6) is 0 Å². The molecule has 0 radical (unpaired) electrons. The Morgan fingerprint density at radius 1 is 1.28 bits per heavy atom. The minimum Gasteiger partial charge on any atom is -0.364 e. The third-order valence-electron chi connectivity index (χ3n) is 3.62. The van der Waals surface area contributed by atoms with Gasteiger partial charge in [-0.25, -0.2) is 0 Å². The number of benzene rings is 1. The molecule has 3 aromatic rings. The molecule has 2 aromatic heterocycles. The standard InChI is InChI=1S/C14H11ClN2O/c15-9-4-5-12-11(6-9)10-3-1-2-8-7-18-17-13(8)14(10)16-12/h4-7,16H,1-3H2. The zero-order valence-corrected chi connectivity index (χ0v) is 10.4. The maximum absolute atomic E-state index is 6.09. The van der Waals surface area contributed by atoms with Crippen LogP contribution in [0.25, 0.3) is 22.3 Å². The summed E-state index contributed by atoms with van der Waals surface area (Å²) in [6.07, 6.45) is 4.93. The minimum absolute atomic E-state index is 0.772. The van der Waals surface area contributed by atoms with Crippen molar-refractivity contribution in [1.82, 2.24) is 10.1 Å². The van der Waals surface area contributed by atoms with Crippen LogP contribution in [-0.4, -0.2) is 10.1 Å². The first-order valence-electron chi connectivity index (χ1n) is 6.06. The van der Waals surface area contributed by atoms with E-state index in [0.29, 0.717) is 0 Å². The summed E-state index contributed by atoms with van der Waals surface area (Å²) in [4.78, 5) is 3.44. The molecule has 0 unspecified atom stereocenters. The fraction of sp³-hybridized carbons (Fsp3) is 0.214. The Kier molecular flexibility index (Phi) is 2.06. The molecule has 0 saturated carbocycles. The molecule has 4 rings (SSSR count). The van der Waals surface area contributed by atoms with Crippen molar-refractivity contribution in [3.8, 4) is 11.4 Å². The SMILES string of the molecule is Clc1ccc2[nH]c3c(c2c1)CCCc1conc1-3. The fourth-order valence-electron chi connectivity index (χ4n) is 2.78. The normalized spacial score (nSPS) is 14.3. The van der Waals surface area contributed by atoms with Crippen molar-refractivity contribution in [3.05, 3.63) is 40.6 Å². The average molecular weight is 259 g/mol. The van der Waals surface area contributed by atoms with E-state index in [0.717, 1.165) is 41.2 Å². The molecule has 0 bridgehead atoms. The summed E-state index contributed by atoms with van der Waals surface area (Å²) in [6, 6.07) is 5.95. The third-order valence-corrected chi connectivity index (χ3v) is 3.86. The summed E-state index contributed by atoms with van der Waals surface area (Å²) in [6.45, 7) is 0. The van der Waals surface area contributed by atoms with E-state index in [2.05, 4.69) is 10.1 Å². The van der Waals surface area contributed by atoms with E-state index < -0.39 is 0 Å². The Hall–Kier alpha value is -1.74. The van der Waals surface area contributed by atoms with Crippen LogP contribution in [0.1, 0.15) is 17.5 Å². The predicted octanol–water partition coefficient (Wildman–Crippen LogP) is 3.97. The monoisotopic (exact) mass is 258 g/mol. The highest BCUT2D eigenvalue weighted by atomic mass is 35.5. The molecule has 0 aliphatic heterocycles. The minimum atomic E-state index is 0.772. The number of rotatable bonds is 0. The van der Waals surface area contributed by atoms with Crippen LogP contribution < -0.4 is 0 Å². The number of nitrogens with one attached hydrogen (secondary N) is 1. The molecule has 18 heavy (non-hydrogen) atoms. The lowest BCUT2D eigenvalue weighted by Crippen LogP contribution is -1.84. The van der Waals surface area contributed by atoms with Gasteiger partial charge in [0.25, 0.3) is 0 Å². The molecule has 0 saturated heterocycles. The van der Waals surface area contributed by atoms with Gasteiger partial charge in [0.15, 0.2) is 0 Å². The van der Waals surface area contributed by atoms with Gasteiger partial charge < -0.3 is 9.51 Å². The Morgan fingerprint density at radius 3 is 3.17 bits per heavy atom. The largest absolute Gasteiger partial charge is 0.364 e. The Bertz CT molecular complexity index is 741. The van der Waals surface area contributed by atoms with Crippen molar-refractivity contribution in [2.75, 3.05) is 0 Å². The fourth-order valence-corrected chi connectivity index (χ4v) is 2.95. The molecule has 1 N–H and O–H groups in total. The van der Waals surface area contributed by atoms with Crippen LogP contribution in [0.4, 0.5) is 0 Å². The zero-order chi connectivity index (χ0) is 12.1. The quantitative estimate of drug-likeness (QED) is 0.663. The van der Waals surface area contributed by atoms with E-state index in [4.69, 9.17) is 16.1 Å². The van der Waals surface area contributed by atoms with Crippen molar-refractivity contribution < 1.29 is 4.52 Å². The lowest BCUT2D eigenvalue weighted by atomic mass is 10.1. The van der Waals surface area contributed by atoms with E-state index in [1.54, 1.807) is 6.26 Å². The molecule has 0 spiro atoms. The molecular weight excluding hydrogens is 248 g/mol. The van der Waals surface area contributed by atoms with E-state index in [1.165, 1.54) is 16.5 Å². The predicted molar refractivity (Wildman–Crippen MR) is 70.8 cm³/mol. The number of aryl methyl sites for hydroxylation is 2. The van der Waals surface area contributed by atoms with Crippen LogP contribution in [0.3, 0.4) is 0 Å². The molecule has 4 heteroatoms. The van der Waals surface area contributed by atoms with Crippen molar-refractivity contribution in [1.29, 1.82) is 0 Å². The number of H-pyrrole nitrogens is 1. The number of nitrogens with zero attached hydrogens (tertiary/aromatic N) is 1. The topological polar surface area (TPSA) is 41.8 Å². The van der Waals surface area contributed by atoms with E-state index in [-0.39, 0.29) is 0 Å². The van der Waals surface area contributed by atoms with Crippen LogP contribution >= 0.6 is 11.6 Å². The molecule has 1 aliphatic rings. The van der Waals surface area contributed by atoms with Gasteiger partial charge in [-0.1, -0.05) is 16.8 Å². The van der Waals surface area contributed by atoms with Crippen LogP contribution in [0, 0.1) is 0 Å². The van der Waals surface area contributed by atoms with Gasteiger partial charge in [-0.05, 0) is 43.0 Å². The first kappa shape index (κ1) is 10.2. The Labute approximate surface area is 109 Å². The number of hydrogen-bond donors (Lipinski definition) is 1. The third kappa shape index (κ3) is 1.34. The number of aromatic nitrogens is 2. The maximum Gasteiger partial charge on any atom is 0.133 e. The Morgan fingerprint density at radius 2 is 2.22 bits per heavy atom. The first-order valence-corrected chi connectivity index (χ1v) is 6.44. The number of aromatic amines is 1. The molecule has 0 amide bonds. The van der Waals surface area contributed by atoms with Gasteiger partial charge in [-0.2, -0.15) is 0 Å². The summed E-state index contributed by atoms with van der Waals surface area (Å²) >= 11 is 6.09. The number of halogens is 1. The van der Waals surface area contributed by atoms with Gasteiger partial charge in [0, 0.05) is 21.5 Å². The molecule has 2 heterocycles. The second-order valence-electron chi connectivity index (χ2n) is 4.71. The number of hydrogen-bond acceptors (Lipinski definition) is 2. The molecule has 0 atom stereocenters. The van der Waals surface area contributed by atoms with Gasteiger partial charge in [-0.15, -0.1) is 0 Å². The second-order valence-corrected chi connectivity index (χ2v) is 5.15. The van der Waals surface area contributed by atoms with E-state index in [9.17, 15) is 0 Å². The summed E-state index contributed by atoms with van der Waals surface area (Å²) in [5.41, 5.74) is 5.65. The van der Waals surface area contributed by atoms with Crippen molar-refractivity contribution in [2.24, 2.45) is 0 Å². The summed E-state index contributed by atoms with van der Waals surface area (Å²) in [5, 5.41) is 6.11. The highest BCUT2D eigenvalue weighted by Crippen LogP contribution is 2.36. The molecule has 1 aromatic carbocycles. The van der Waals surface area contributed by atoms with Crippen LogP contribution in [-0.2, 0) is 12.8 Å². The molecule has 3 nitrogen and oxygen atoms in total. The van der Waals surface area contributed by atoms with Gasteiger partial charge in [-0.3, -0.25) is 0 Å². The molecule has 1 aliphatic carbocycles. The molecule has 90 valence electrons. The smallest absolute Gasteiger partial charge is 0.133 e. The summed E-state index contributed by atoms with van der Waals surface area (Å²) in [5.74, 6) is 0. The average Bonchev–Trinajstić information content (AvgIpc) is 2.91. The van der Waals surface area contributed by atoms with E-state index >= 15 is 0 Å². The van der Waals surface area contributed by atoms with Gasteiger partial charge in [0.1, 0.15) is 12.0 Å².